The predicted octanol–water partition coefficient (Wildman–Crippen LogP) is 5.81. The molecule has 196 valence electrons. The van der Waals surface area contributed by atoms with E-state index in [1.54, 1.807) is 84.9 Å². The maximum atomic E-state index is 13.8. The molecule has 0 saturated carbocycles. The minimum absolute atomic E-state index is 0.0737. The van der Waals surface area contributed by atoms with Crippen LogP contribution in [-0.4, -0.2) is 29.9 Å². The van der Waals surface area contributed by atoms with Crippen molar-refractivity contribution >= 4 is 53.5 Å². The van der Waals surface area contributed by atoms with Crippen LogP contribution in [0, 0.1) is 0 Å². The molecule has 7 nitrogen and oxygen atoms in total. The highest BCUT2D eigenvalue weighted by atomic mass is 35.5. The molecule has 1 N–H and O–H groups in total. The van der Waals surface area contributed by atoms with Gasteiger partial charge in [0.15, 0.2) is 0 Å². The third-order valence-corrected chi connectivity index (χ3v) is 10.3. The highest BCUT2D eigenvalue weighted by Crippen LogP contribution is 2.35. The molecule has 2 aromatic heterocycles. The Morgan fingerprint density at radius 2 is 1.26 bits per heavy atom. The Labute approximate surface area is 230 Å². The van der Waals surface area contributed by atoms with E-state index in [0.29, 0.717) is 32.4 Å². The summed E-state index contributed by atoms with van der Waals surface area (Å²) in [6, 6.07) is 29.0. The monoisotopic (exact) mass is 576 g/mol. The molecule has 0 aliphatic carbocycles. The lowest BCUT2D eigenvalue weighted by Gasteiger charge is -2.17. The van der Waals surface area contributed by atoms with Gasteiger partial charge < -0.3 is 5.11 Å². The number of fused-ring (bicyclic) bond motifs is 2. The van der Waals surface area contributed by atoms with Crippen LogP contribution in [0.1, 0.15) is 17.4 Å². The number of aliphatic hydroxyl groups is 1. The van der Waals surface area contributed by atoms with Crippen LogP contribution < -0.4 is 0 Å². The van der Waals surface area contributed by atoms with E-state index in [-0.39, 0.29) is 15.5 Å². The number of aliphatic hydroxyl groups excluding tert-OH is 1. The first kappa shape index (κ1) is 25.4. The van der Waals surface area contributed by atoms with Gasteiger partial charge in [0.25, 0.3) is 20.0 Å². The molecule has 6 aromatic rings. The molecule has 1 atom stereocenters. The van der Waals surface area contributed by atoms with Crippen LogP contribution in [0.4, 0.5) is 0 Å². The first-order chi connectivity index (χ1) is 18.7. The molecule has 1 unspecified atom stereocenters. The molecule has 0 bridgehead atoms. The van der Waals surface area contributed by atoms with Gasteiger partial charge in [0.05, 0.1) is 26.5 Å². The number of aromatic nitrogens is 2. The third-order valence-electron chi connectivity index (χ3n) is 6.60. The summed E-state index contributed by atoms with van der Waals surface area (Å²) in [5.74, 6) is 0. The summed E-state index contributed by atoms with van der Waals surface area (Å²) in [6.45, 7) is 0. The second kappa shape index (κ2) is 9.39. The first-order valence-corrected chi connectivity index (χ1v) is 15.1. The zero-order valence-electron chi connectivity index (χ0n) is 20.2. The van der Waals surface area contributed by atoms with E-state index in [1.165, 1.54) is 34.4 Å². The van der Waals surface area contributed by atoms with Crippen molar-refractivity contribution in [3.05, 3.63) is 132 Å². The largest absolute Gasteiger partial charge is 0.382 e. The zero-order chi connectivity index (χ0) is 27.4. The molecule has 10 heteroatoms. The van der Waals surface area contributed by atoms with E-state index in [0.717, 1.165) is 3.97 Å². The molecule has 2 heterocycles. The molecule has 4 aromatic carbocycles. The summed E-state index contributed by atoms with van der Waals surface area (Å²) >= 11 is 6.18. The number of benzene rings is 4. The zero-order valence-corrected chi connectivity index (χ0v) is 22.6. The summed E-state index contributed by atoms with van der Waals surface area (Å²) in [7, 11) is -7.90. The quantitative estimate of drug-likeness (QED) is 0.270. The Hall–Kier alpha value is -3.89. The standard InChI is InChI=1S/C29H21ClN2O5S2/c30-23-12-14-27-22(18-23)19-28(32(27)39(36,37)25-9-5-2-6-10-25)29(33)21-11-13-26-20(17-21)15-16-31(26)38(34,35)24-7-3-1-4-8-24/h1-19,29,33H. The van der Waals surface area contributed by atoms with Crippen LogP contribution in [0.3, 0.4) is 0 Å². The number of hydrogen-bond acceptors (Lipinski definition) is 5. The van der Waals surface area contributed by atoms with Gasteiger partial charge in [0.2, 0.25) is 0 Å². The number of halogens is 1. The molecule has 6 rings (SSSR count). The van der Waals surface area contributed by atoms with Crippen molar-refractivity contribution in [2.75, 3.05) is 0 Å². The Morgan fingerprint density at radius 3 is 1.92 bits per heavy atom. The first-order valence-electron chi connectivity index (χ1n) is 11.9. The van der Waals surface area contributed by atoms with Gasteiger partial charge in [-0.25, -0.2) is 24.8 Å². The fraction of sp³-hybridized carbons (Fsp3) is 0.0345. The fourth-order valence-corrected chi connectivity index (χ4v) is 7.85. The molecule has 0 radical (unpaired) electrons. The molecular weight excluding hydrogens is 556 g/mol. The molecule has 0 amide bonds. The van der Waals surface area contributed by atoms with Gasteiger partial charge in [0, 0.05) is 22.0 Å². The van der Waals surface area contributed by atoms with Crippen LogP contribution in [0.5, 0.6) is 0 Å². The lowest BCUT2D eigenvalue weighted by molar-refractivity contribution is 0.215. The molecule has 0 saturated heterocycles. The normalized spacial score (nSPS) is 13.2. The molecule has 39 heavy (non-hydrogen) atoms. The van der Waals surface area contributed by atoms with Gasteiger partial charge in [-0.05, 0) is 72.3 Å². The van der Waals surface area contributed by atoms with E-state index in [9.17, 15) is 21.9 Å². The summed E-state index contributed by atoms with van der Waals surface area (Å²) in [5, 5.41) is 13.1. The van der Waals surface area contributed by atoms with E-state index in [1.807, 2.05) is 0 Å². The number of nitrogens with zero attached hydrogens (tertiary/aromatic N) is 2. The van der Waals surface area contributed by atoms with Gasteiger partial charge in [-0.3, -0.25) is 0 Å². The topological polar surface area (TPSA) is 98.4 Å². The van der Waals surface area contributed by atoms with Crippen LogP contribution in [0.15, 0.2) is 125 Å². The summed E-state index contributed by atoms with van der Waals surface area (Å²) < 4.78 is 56.2. The van der Waals surface area contributed by atoms with Crippen LogP contribution in [-0.2, 0) is 20.0 Å². The maximum Gasteiger partial charge on any atom is 0.268 e. The highest BCUT2D eigenvalue weighted by molar-refractivity contribution is 7.90. The molecule has 0 fully saturated rings. The Kier molecular flexibility index (Phi) is 6.11. The van der Waals surface area contributed by atoms with E-state index >= 15 is 0 Å². The van der Waals surface area contributed by atoms with Crippen molar-refractivity contribution in [1.29, 1.82) is 0 Å². The Morgan fingerprint density at radius 1 is 0.641 bits per heavy atom. The van der Waals surface area contributed by atoms with Crippen LogP contribution >= 0.6 is 11.6 Å². The van der Waals surface area contributed by atoms with Gasteiger partial charge in [-0.15, -0.1) is 0 Å². The van der Waals surface area contributed by atoms with Gasteiger partial charge in [0.1, 0.15) is 6.10 Å². The van der Waals surface area contributed by atoms with Crippen molar-refractivity contribution in [3.8, 4) is 0 Å². The van der Waals surface area contributed by atoms with Crippen molar-refractivity contribution in [2.45, 2.75) is 15.9 Å². The Balaban J connectivity index is 1.49. The van der Waals surface area contributed by atoms with Gasteiger partial charge in [-0.2, -0.15) is 0 Å². The smallest absolute Gasteiger partial charge is 0.268 e. The highest BCUT2D eigenvalue weighted by Gasteiger charge is 2.28. The SMILES string of the molecule is O=S(=O)(c1ccccc1)n1ccc2cc(C(O)c3cc4cc(Cl)ccc4n3S(=O)(=O)c3ccccc3)ccc21. The van der Waals surface area contributed by atoms with Crippen molar-refractivity contribution in [1.82, 2.24) is 7.94 Å². The lowest BCUT2D eigenvalue weighted by Crippen LogP contribution is -2.18. The summed E-state index contributed by atoms with van der Waals surface area (Å²) in [4.78, 5) is 0.227. The second-order valence-electron chi connectivity index (χ2n) is 9.01. The molecular formula is C29H21ClN2O5S2. The fourth-order valence-electron chi connectivity index (χ4n) is 4.73. The van der Waals surface area contributed by atoms with Gasteiger partial charge in [-0.1, -0.05) is 54.1 Å². The average Bonchev–Trinajstić information content (AvgIpc) is 3.55. The minimum Gasteiger partial charge on any atom is -0.382 e. The molecule has 0 spiro atoms. The average molecular weight is 577 g/mol. The van der Waals surface area contributed by atoms with E-state index < -0.39 is 26.2 Å². The van der Waals surface area contributed by atoms with Gasteiger partial charge >= 0.3 is 0 Å². The predicted molar refractivity (Wildman–Crippen MR) is 151 cm³/mol. The molecule has 0 aliphatic rings. The molecule has 0 aliphatic heterocycles. The van der Waals surface area contributed by atoms with Crippen molar-refractivity contribution < 1.29 is 21.9 Å². The summed E-state index contributed by atoms with van der Waals surface area (Å²) in [6.07, 6.45) is 0.121. The minimum atomic E-state index is -4.08. The Bertz CT molecular complexity index is 2070. The lowest BCUT2D eigenvalue weighted by atomic mass is 10.0. The van der Waals surface area contributed by atoms with E-state index in [4.69, 9.17) is 11.6 Å². The summed E-state index contributed by atoms with van der Waals surface area (Å²) in [5.41, 5.74) is 1.33. The number of hydrogen-bond donors (Lipinski definition) is 1. The van der Waals surface area contributed by atoms with Crippen molar-refractivity contribution in [2.24, 2.45) is 0 Å². The third kappa shape index (κ3) is 4.24. The van der Waals surface area contributed by atoms with Crippen molar-refractivity contribution in [3.63, 3.8) is 0 Å². The van der Waals surface area contributed by atoms with E-state index in [2.05, 4.69) is 0 Å². The van der Waals surface area contributed by atoms with Crippen LogP contribution in [0.2, 0.25) is 5.02 Å². The maximum absolute atomic E-state index is 13.8. The second-order valence-corrected chi connectivity index (χ2v) is 13.0. The number of rotatable bonds is 6. The van der Waals surface area contributed by atoms with Crippen LogP contribution in [0.25, 0.3) is 21.8 Å².